The number of nitrogens with one attached hydrogen (secondary N) is 3. The summed E-state index contributed by atoms with van der Waals surface area (Å²) in [4.78, 5) is 72.6. The van der Waals surface area contributed by atoms with Gasteiger partial charge >= 0.3 is 0 Å². The van der Waals surface area contributed by atoms with Gasteiger partial charge in [-0.25, -0.2) is 73.9 Å². The van der Waals surface area contributed by atoms with Crippen molar-refractivity contribution in [3.8, 4) is 29.0 Å². The van der Waals surface area contributed by atoms with Gasteiger partial charge in [0.15, 0.2) is 46.6 Å². The predicted molar refractivity (Wildman–Crippen MR) is 340 cm³/mol. The average Bonchev–Trinajstić information content (AvgIpc) is 1.62. The van der Waals surface area contributed by atoms with E-state index in [-0.39, 0.29) is 118 Å². The molecule has 12 heterocycles. The SMILES string of the molecule is CC1(C)C(=O)Nc2nc(-c3nc(Cc4c(F)ccc(F)c4F)n4cc(Cl)ccc34)nc(N)c21.CC1(C)C(=O)Nc2nc(-c3nc(Cc4c(F)ccc(F)c4F)n4ncccc34)nc(N)c21.CC1(C)C(=O)Nc2nc(-n3nc(Cc4c(F)ccc(F)c4F)c4cc(Cl)sc43)nc(N)c21. The molecule has 0 fully saturated rings. The summed E-state index contributed by atoms with van der Waals surface area (Å²) in [5, 5.41) is 17.5. The molecule has 3 aliphatic rings. The van der Waals surface area contributed by atoms with Gasteiger partial charge in [0.2, 0.25) is 17.7 Å². The number of hydrogen-bond donors (Lipinski definition) is 6. The predicted octanol–water partition coefficient (Wildman–Crippen LogP) is 11.6. The lowest BCUT2D eigenvalue weighted by Crippen LogP contribution is -2.27. The summed E-state index contributed by atoms with van der Waals surface area (Å²) >= 11 is 13.5. The van der Waals surface area contributed by atoms with Crippen LogP contribution in [0.25, 0.3) is 50.2 Å². The Morgan fingerprint density at radius 1 is 0.515 bits per heavy atom. The van der Waals surface area contributed by atoms with Crippen molar-refractivity contribution in [3.05, 3.63) is 192 Å². The van der Waals surface area contributed by atoms with Crippen LogP contribution in [0.3, 0.4) is 0 Å². The van der Waals surface area contributed by atoms with Crippen LogP contribution in [0.2, 0.25) is 9.36 Å². The Morgan fingerprint density at radius 3 is 1.47 bits per heavy atom. The number of carbonyl (C=O) groups is 3. The van der Waals surface area contributed by atoms with E-state index in [2.05, 4.69) is 66.0 Å². The number of nitrogens with zero attached hydrogens (tertiary/aromatic N) is 13. The number of carbonyl (C=O) groups excluding carboxylic acids is 3. The van der Waals surface area contributed by atoms with Crippen LogP contribution in [0, 0.1) is 52.4 Å². The van der Waals surface area contributed by atoms with Crippen LogP contribution in [-0.2, 0) is 49.9 Å². The van der Waals surface area contributed by atoms with Crippen molar-refractivity contribution < 1.29 is 53.9 Å². The zero-order chi connectivity index (χ0) is 69.4. The highest BCUT2D eigenvalue weighted by Crippen LogP contribution is 2.44. The summed E-state index contributed by atoms with van der Waals surface area (Å²) in [5.74, 6) is -9.14. The fourth-order valence-corrected chi connectivity index (χ4v) is 12.9. The summed E-state index contributed by atoms with van der Waals surface area (Å²) in [6.45, 7) is 10.3. The minimum atomic E-state index is -1.29. The van der Waals surface area contributed by atoms with Crippen LogP contribution in [0.15, 0.2) is 79.1 Å². The molecule has 0 spiro atoms. The molecule has 3 aromatic carbocycles. The normalized spacial score (nSPS) is 14.6. The maximum absolute atomic E-state index is 14.3. The second-order valence-corrected chi connectivity index (χ2v) is 26.1. The third-order valence-corrected chi connectivity index (χ3v) is 18.1. The van der Waals surface area contributed by atoms with E-state index in [4.69, 9.17) is 40.4 Å². The number of aromatic nitrogens is 13. The number of benzene rings is 3. The van der Waals surface area contributed by atoms with Crippen molar-refractivity contribution >= 4 is 108 Å². The minimum absolute atomic E-state index is 0.0502. The highest BCUT2D eigenvalue weighted by atomic mass is 35.5. The van der Waals surface area contributed by atoms with Gasteiger partial charge in [-0.3, -0.25) is 14.4 Å². The summed E-state index contributed by atoms with van der Waals surface area (Å²) in [7, 11) is 0. The molecule has 12 aromatic rings. The maximum Gasteiger partial charge on any atom is 0.255 e. The molecule has 3 aliphatic heterocycles. The van der Waals surface area contributed by atoms with Crippen molar-refractivity contribution in [1.82, 2.24) is 63.7 Å². The van der Waals surface area contributed by atoms with E-state index in [0.717, 1.165) is 47.7 Å². The van der Waals surface area contributed by atoms with Crippen LogP contribution in [0.5, 0.6) is 0 Å². The first kappa shape index (κ1) is 64.8. The maximum atomic E-state index is 14.3. The number of hydrogen-bond acceptors (Lipinski definition) is 17. The van der Waals surface area contributed by atoms with E-state index in [1.54, 1.807) is 71.9 Å². The Morgan fingerprint density at radius 2 is 0.959 bits per heavy atom. The minimum Gasteiger partial charge on any atom is -0.383 e. The zero-order valence-electron chi connectivity index (χ0n) is 51.0. The quantitative estimate of drug-likeness (QED) is 0.0578. The Labute approximate surface area is 554 Å². The molecule has 0 radical (unpaired) electrons. The highest BCUT2D eigenvalue weighted by molar-refractivity contribution is 7.22. The standard InChI is InChI=1S/C22H16ClF3N6O.C21H16F3N7O.C20H14ClF3N6OS/c1-22(2)15-18(27)29-20(30-19(15)31-21(22)33)17-13-6-3-9(23)8-32(13)14(28-17)7-10-11(24)4-5-12(25)16(10)26;1-21(2)14-17(25)28-19(29-18(14)30-20(21)32)16-12-4-3-7-26-31(12)13(27-16)8-9-10(22)5-6-11(23)15(9)24;1-20(2)13-15(25)26-19(28-16(13)27-18(20)31)30-17-8(6-12(21)32-17)11(29-30)5-7-9(22)3-4-10(23)14(7)24/h3-6,8H,7H2,1-2H3,(H3,27,29,30,31,33);3-7H,8H2,1-2H3,(H3,25,28,29,30,32);3-4,6H,5H2,1-2H3,(H3,25,26,27,28,31). The Balaban J connectivity index is 0.000000131. The second kappa shape index (κ2) is 23.5. The van der Waals surface area contributed by atoms with Gasteiger partial charge in [-0.15, -0.1) is 11.3 Å². The lowest BCUT2D eigenvalue weighted by Gasteiger charge is -2.16. The number of rotatable bonds is 9. The average molecular weight is 1390 g/mol. The molecule has 0 saturated heterocycles. The molecular weight excluding hydrogens is 1340 g/mol. The molecule has 9 aromatic heterocycles. The largest absolute Gasteiger partial charge is 0.383 e. The van der Waals surface area contributed by atoms with Gasteiger partial charge in [-0.1, -0.05) is 23.2 Å². The van der Waals surface area contributed by atoms with Crippen LogP contribution >= 0.6 is 34.5 Å². The molecule has 15 rings (SSSR count). The Bertz CT molecular complexity index is 5410. The first-order valence-corrected chi connectivity index (χ1v) is 30.4. The van der Waals surface area contributed by atoms with Crippen LogP contribution in [0.4, 0.5) is 74.4 Å². The van der Waals surface area contributed by atoms with E-state index in [9.17, 15) is 53.9 Å². The third-order valence-electron chi connectivity index (χ3n) is 16.7. The van der Waals surface area contributed by atoms with Crippen LogP contribution < -0.4 is 33.2 Å². The van der Waals surface area contributed by atoms with Gasteiger partial charge in [0.05, 0.1) is 59.0 Å². The third kappa shape index (κ3) is 10.9. The lowest BCUT2D eigenvalue weighted by molar-refractivity contribution is -0.120. The van der Waals surface area contributed by atoms with E-state index in [1.165, 1.54) is 26.0 Å². The first-order valence-electron chi connectivity index (χ1n) is 28.9. The number of amides is 3. The number of halogens is 11. The molecule has 0 bridgehead atoms. The van der Waals surface area contributed by atoms with Crippen molar-refractivity contribution in [2.24, 2.45) is 0 Å². The number of imidazole rings is 2. The van der Waals surface area contributed by atoms with E-state index < -0.39 is 85.3 Å². The smallest absolute Gasteiger partial charge is 0.255 e. The van der Waals surface area contributed by atoms with Gasteiger partial charge in [-0.05, 0) is 108 Å². The zero-order valence-corrected chi connectivity index (χ0v) is 53.3. The fourth-order valence-electron chi connectivity index (χ4n) is 11.5. The number of nitrogen functional groups attached to an aromatic ring is 3. The van der Waals surface area contributed by atoms with Gasteiger partial charge in [0, 0.05) is 53.7 Å². The Hall–Kier alpha value is -10.9. The molecule has 9 N–H and O–H groups in total. The summed E-state index contributed by atoms with van der Waals surface area (Å²) < 4.78 is 131. The summed E-state index contributed by atoms with van der Waals surface area (Å²) in [6, 6.07) is 12.9. The number of pyridine rings is 1. The number of anilines is 6. The van der Waals surface area contributed by atoms with Crippen LogP contribution in [0.1, 0.15) is 92.3 Å². The van der Waals surface area contributed by atoms with Crippen molar-refractivity contribution in [1.29, 1.82) is 0 Å². The molecule has 0 atom stereocenters. The number of nitrogens with two attached hydrogens (primary N) is 3. The molecule has 0 saturated carbocycles. The molecular formula is C63H46Cl2F9N19O3S. The lowest BCUT2D eigenvalue weighted by atomic mass is 9.87. The van der Waals surface area contributed by atoms with Crippen molar-refractivity contribution in [3.63, 3.8) is 0 Å². The van der Waals surface area contributed by atoms with E-state index in [1.807, 2.05) is 0 Å². The second-order valence-electron chi connectivity index (χ2n) is 24.0. The van der Waals surface area contributed by atoms with Gasteiger partial charge < -0.3 is 37.6 Å². The van der Waals surface area contributed by atoms with E-state index >= 15 is 0 Å². The molecule has 3 amide bonds. The topological polar surface area (TPSA) is 308 Å². The number of fused-ring (bicyclic) bond motifs is 6. The Kier molecular flexibility index (Phi) is 15.7. The molecule has 0 aliphatic carbocycles. The van der Waals surface area contributed by atoms with Gasteiger partial charge in [-0.2, -0.15) is 24.8 Å². The monoisotopic (exact) mass is 1390 g/mol. The fraction of sp³-hybridized carbons (Fsp3) is 0.190. The first-order chi connectivity index (χ1) is 45.8. The van der Waals surface area contributed by atoms with Gasteiger partial charge in [0.25, 0.3) is 5.95 Å². The number of thiophene rings is 1. The molecule has 494 valence electrons. The molecule has 34 heteroatoms. The van der Waals surface area contributed by atoms with Crippen molar-refractivity contribution in [2.75, 3.05) is 33.2 Å². The van der Waals surface area contributed by atoms with Gasteiger partial charge in [0.1, 0.15) is 80.2 Å². The summed E-state index contributed by atoms with van der Waals surface area (Å²) in [6.07, 6.45) is 1.94. The molecule has 97 heavy (non-hydrogen) atoms. The highest BCUT2D eigenvalue weighted by Gasteiger charge is 2.45. The summed E-state index contributed by atoms with van der Waals surface area (Å²) in [5.41, 5.74) is 17.5. The van der Waals surface area contributed by atoms with Crippen molar-refractivity contribution in [2.45, 2.75) is 77.0 Å². The molecule has 0 unspecified atom stereocenters. The molecule has 22 nitrogen and oxygen atoms in total. The van der Waals surface area contributed by atoms with Crippen LogP contribution in [-0.4, -0.2) is 81.4 Å². The van der Waals surface area contributed by atoms with E-state index in [0.29, 0.717) is 47.3 Å².